The van der Waals surface area contributed by atoms with Crippen molar-refractivity contribution in [2.75, 3.05) is 26.9 Å². The number of non-ortho nitro benzene ring substituents is 1. The summed E-state index contributed by atoms with van der Waals surface area (Å²) in [5, 5.41) is 26.8. The van der Waals surface area contributed by atoms with Gasteiger partial charge in [-0.1, -0.05) is 24.3 Å². The second-order valence-electron chi connectivity index (χ2n) is 11.7. The highest BCUT2D eigenvalue weighted by atomic mass is 19.4. The molecular formula is C32H38F3N3O8. The Labute approximate surface area is 264 Å². The van der Waals surface area contributed by atoms with Crippen LogP contribution in [0.25, 0.3) is 0 Å². The summed E-state index contributed by atoms with van der Waals surface area (Å²) in [6.45, 7) is 7.59. The first kappa shape index (κ1) is 36.0. The topological polar surface area (TPSA) is 149 Å². The van der Waals surface area contributed by atoms with Gasteiger partial charge >= 0.3 is 18.1 Å². The second kappa shape index (κ2) is 15.2. The summed E-state index contributed by atoms with van der Waals surface area (Å²) in [5.41, 5.74) is -2.66. The van der Waals surface area contributed by atoms with Crippen molar-refractivity contribution in [3.05, 3.63) is 92.3 Å². The average molecular weight is 650 g/mol. The number of aliphatic hydroxyl groups excluding tert-OH is 1. The summed E-state index contributed by atoms with van der Waals surface area (Å²) in [5.74, 6) is -3.45. The van der Waals surface area contributed by atoms with Gasteiger partial charge in [0.05, 0.1) is 35.7 Å². The Bertz CT molecular complexity index is 1480. The van der Waals surface area contributed by atoms with Crippen LogP contribution in [-0.2, 0) is 25.5 Å². The zero-order chi connectivity index (χ0) is 34.2. The van der Waals surface area contributed by atoms with Crippen LogP contribution in [0.4, 0.5) is 18.9 Å². The van der Waals surface area contributed by atoms with Crippen molar-refractivity contribution in [2.45, 2.75) is 64.3 Å². The van der Waals surface area contributed by atoms with Gasteiger partial charge in [0.2, 0.25) is 0 Å². The predicted molar refractivity (Wildman–Crippen MR) is 162 cm³/mol. The molecule has 3 rings (SSSR count). The first-order chi connectivity index (χ1) is 21.5. The molecule has 0 amide bonds. The summed E-state index contributed by atoms with van der Waals surface area (Å²) < 4.78 is 57.9. The van der Waals surface area contributed by atoms with Gasteiger partial charge in [-0.05, 0) is 63.8 Å². The molecule has 0 spiro atoms. The number of halogens is 3. The molecule has 0 fully saturated rings. The van der Waals surface area contributed by atoms with Gasteiger partial charge in [-0.3, -0.25) is 10.1 Å². The number of esters is 2. The van der Waals surface area contributed by atoms with Gasteiger partial charge in [0.1, 0.15) is 24.2 Å². The van der Waals surface area contributed by atoms with Gasteiger partial charge in [0, 0.05) is 29.9 Å². The van der Waals surface area contributed by atoms with Crippen LogP contribution in [0.3, 0.4) is 0 Å². The number of nitro groups is 1. The summed E-state index contributed by atoms with van der Waals surface area (Å²) in [6.07, 6.45) is -4.88. The van der Waals surface area contributed by atoms with Crippen LogP contribution in [0, 0.1) is 10.1 Å². The number of ether oxygens (including phenoxy) is 3. The van der Waals surface area contributed by atoms with E-state index in [1.165, 1.54) is 19.1 Å². The number of nitro benzene ring substituents is 1. The molecule has 2 aromatic rings. The first-order valence-corrected chi connectivity index (χ1v) is 14.5. The Morgan fingerprint density at radius 2 is 1.76 bits per heavy atom. The van der Waals surface area contributed by atoms with E-state index < -0.39 is 52.0 Å². The third-order valence-electron chi connectivity index (χ3n) is 6.96. The maximum atomic E-state index is 14.1. The molecule has 3 N–H and O–H groups in total. The highest BCUT2D eigenvalue weighted by molar-refractivity contribution is 6.00. The summed E-state index contributed by atoms with van der Waals surface area (Å²) in [4.78, 5) is 36.8. The van der Waals surface area contributed by atoms with Crippen LogP contribution in [0.2, 0.25) is 0 Å². The van der Waals surface area contributed by atoms with Crippen LogP contribution < -0.4 is 15.4 Å². The lowest BCUT2D eigenvalue weighted by molar-refractivity contribution is -0.384. The van der Waals surface area contributed by atoms with Gasteiger partial charge in [-0.25, -0.2) is 9.59 Å². The lowest BCUT2D eigenvalue weighted by atomic mass is 9.80. The van der Waals surface area contributed by atoms with E-state index in [2.05, 4.69) is 15.4 Å². The Morgan fingerprint density at radius 1 is 1.09 bits per heavy atom. The maximum Gasteiger partial charge on any atom is 0.431 e. The van der Waals surface area contributed by atoms with E-state index in [0.717, 1.165) is 24.8 Å². The van der Waals surface area contributed by atoms with E-state index in [-0.39, 0.29) is 35.6 Å². The van der Waals surface area contributed by atoms with Crippen LogP contribution in [0.5, 0.6) is 5.75 Å². The Morgan fingerprint density at radius 3 is 2.35 bits per heavy atom. The minimum Gasteiger partial charge on any atom is -0.491 e. The Balaban J connectivity index is 1.71. The van der Waals surface area contributed by atoms with Crippen LogP contribution in [-0.4, -0.2) is 66.7 Å². The number of nitrogens with zero attached hydrogens (tertiary/aromatic N) is 1. The fourth-order valence-corrected chi connectivity index (χ4v) is 4.75. The van der Waals surface area contributed by atoms with Crippen molar-refractivity contribution in [3.63, 3.8) is 0 Å². The molecule has 1 aliphatic rings. The minimum atomic E-state index is -5.04. The van der Waals surface area contributed by atoms with E-state index in [1.807, 2.05) is 32.9 Å². The molecule has 1 aliphatic heterocycles. The fourth-order valence-electron chi connectivity index (χ4n) is 4.75. The number of benzene rings is 2. The van der Waals surface area contributed by atoms with Gasteiger partial charge in [-0.2, -0.15) is 13.2 Å². The molecule has 46 heavy (non-hydrogen) atoms. The number of alkyl halides is 3. The van der Waals surface area contributed by atoms with Crippen LogP contribution >= 0.6 is 0 Å². The third kappa shape index (κ3) is 9.78. The van der Waals surface area contributed by atoms with Crippen LogP contribution in [0.15, 0.2) is 71.1 Å². The van der Waals surface area contributed by atoms with Gasteiger partial charge in [0.25, 0.3) is 5.69 Å². The van der Waals surface area contributed by atoms with E-state index in [4.69, 9.17) is 9.47 Å². The number of carbonyl (C=O) groups is 2. The number of hydrogen-bond acceptors (Lipinski definition) is 10. The Kier molecular flexibility index (Phi) is 11.9. The van der Waals surface area contributed by atoms with Crippen molar-refractivity contribution in [1.82, 2.24) is 10.6 Å². The number of β-amino-alcohol motifs (C(OH)–C–C–N with tert-alkyl or cyclic N) is 1. The summed E-state index contributed by atoms with van der Waals surface area (Å²) in [6, 6.07) is 11.8. The molecule has 0 saturated heterocycles. The Hall–Kier alpha value is -4.43. The molecule has 0 aliphatic carbocycles. The number of rotatable bonds is 13. The third-order valence-corrected chi connectivity index (χ3v) is 6.96. The molecule has 1 heterocycles. The van der Waals surface area contributed by atoms with Crippen LogP contribution in [0.1, 0.15) is 51.2 Å². The van der Waals surface area contributed by atoms with Gasteiger partial charge in [0.15, 0.2) is 0 Å². The molecule has 0 radical (unpaired) electrons. The van der Waals surface area contributed by atoms with Crippen molar-refractivity contribution in [2.24, 2.45) is 0 Å². The largest absolute Gasteiger partial charge is 0.491 e. The zero-order valence-corrected chi connectivity index (χ0v) is 26.2. The molecule has 2 aromatic carbocycles. The maximum absolute atomic E-state index is 14.1. The zero-order valence-electron chi connectivity index (χ0n) is 26.2. The number of aryl methyl sites for hydroxylation is 1. The van der Waals surface area contributed by atoms with Gasteiger partial charge < -0.3 is 30.0 Å². The molecular weight excluding hydrogens is 611 g/mol. The summed E-state index contributed by atoms with van der Waals surface area (Å²) >= 11 is 0. The number of carbonyl (C=O) groups excluding carboxylic acids is 2. The number of dihydropyridines is 1. The molecule has 0 bridgehead atoms. The molecule has 2 unspecified atom stereocenters. The van der Waals surface area contributed by atoms with Crippen molar-refractivity contribution in [3.8, 4) is 5.75 Å². The monoisotopic (exact) mass is 649 g/mol. The summed E-state index contributed by atoms with van der Waals surface area (Å²) in [7, 11) is 0.894. The second-order valence-corrected chi connectivity index (χ2v) is 11.7. The van der Waals surface area contributed by atoms with Crippen molar-refractivity contribution in [1.29, 1.82) is 0 Å². The van der Waals surface area contributed by atoms with Crippen molar-refractivity contribution < 1.29 is 47.0 Å². The number of nitrogens with one attached hydrogen (secondary N) is 2. The number of allylic oxidation sites excluding steroid dienone is 2. The van der Waals surface area contributed by atoms with E-state index in [9.17, 15) is 38.0 Å². The lowest BCUT2D eigenvalue weighted by Crippen LogP contribution is -2.42. The van der Waals surface area contributed by atoms with E-state index in [0.29, 0.717) is 25.1 Å². The molecule has 0 aromatic heterocycles. The standard InChI is InChI=1S/C32H38F3N3O8/c1-19-25(26(21-9-6-10-22(16-21)38(42)43)27(29(40)44-5)28(37-19)32(33,34)35)30(41)45-15-7-8-20-11-13-24(14-12-20)46-18-23(39)17-36-31(2,3)4/h6,9-14,16,23,26,36-37,39H,7-8,15,17-18H2,1-5H3. The minimum absolute atomic E-state index is 0.0931. The van der Waals surface area contributed by atoms with Gasteiger partial charge in [-0.15, -0.1) is 0 Å². The van der Waals surface area contributed by atoms with Crippen molar-refractivity contribution >= 4 is 17.6 Å². The van der Waals surface area contributed by atoms with E-state index in [1.54, 1.807) is 12.1 Å². The average Bonchev–Trinajstić information content (AvgIpc) is 2.99. The highest BCUT2D eigenvalue weighted by Gasteiger charge is 2.47. The first-order valence-electron chi connectivity index (χ1n) is 14.5. The molecule has 14 heteroatoms. The number of methoxy groups -OCH3 is 1. The molecule has 250 valence electrons. The number of hydrogen-bond donors (Lipinski definition) is 3. The molecule has 0 saturated carbocycles. The highest BCUT2D eigenvalue weighted by Crippen LogP contribution is 2.44. The van der Waals surface area contributed by atoms with E-state index >= 15 is 0 Å². The normalized spacial score (nSPS) is 16.1. The molecule has 11 nitrogen and oxygen atoms in total. The number of aliphatic hydroxyl groups is 1. The molecule has 2 atom stereocenters. The quantitative estimate of drug-likeness (QED) is 0.119. The fraction of sp³-hybridized carbons (Fsp3) is 0.438. The lowest BCUT2D eigenvalue weighted by Gasteiger charge is -2.31. The SMILES string of the molecule is COC(=O)C1=C(C(F)(F)F)NC(C)=C(C(=O)OCCCc2ccc(OCC(O)CNC(C)(C)C)cc2)C1c1cccc([N+](=O)[O-])c1. The smallest absolute Gasteiger partial charge is 0.431 e. The predicted octanol–water partition coefficient (Wildman–Crippen LogP) is 4.85.